The van der Waals surface area contributed by atoms with Gasteiger partial charge in [0.05, 0.1) is 5.69 Å². The average Bonchev–Trinajstić information content (AvgIpc) is 2.46. The topological polar surface area (TPSA) is 63.3 Å². The fourth-order valence-electron chi connectivity index (χ4n) is 1.36. The Bertz CT molecular complexity index is 353. The Morgan fingerprint density at radius 2 is 2.00 bits per heavy atom. The van der Waals surface area contributed by atoms with Gasteiger partial charge in [-0.25, -0.2) is 9.78 Å². The molecule has 0 bridgehead atoms. The molecular formula is C11H17NO3. The minimum Gasteiger partial charge on any atom is -0.475 e. The van der Waals surface area contributed by atoms with Gasteiger partial charge in [-0.15, -0.1) is 0 Å². The van der Waals surface area contributed by atoms with Crippen LogP contribution in [0, 0.1) is 5.92 Å². The zero-order valence-corrected chi connectivity index (χ0v) is 9.57. The van der Waals surface area contributed by atoms with Gasteiger partial charge in [0.25, 0.3) is 0 Å². The number of oxazole rings is 1. The maximum atomic E-state index is 10.9. The first-order valence-corrected chi connectivity index (χ1v) is 5.14. The number of carboxylic acid groups (broad SMARTS) is 1. The molecule has 0 saturated carbocycles. The molecule has 0 saturated heterocycles. The number of carboxylic acids is 1. The molecular weight excluding hydrogens is 194 g/mol. The molecule has 0 spiro atoms. The van der Waals surface area contributed by atoms with E-state index in [-0.39, 0.29) is 11.7 Å². The van der Waals surface area contributed by atoms with Crippen LogP contribution >= 0.6 is 0 Å². The molecule has 0 fully saturated rings. The van der Waals surface area contributed by atoms with Crippen molar-refractivity contribution in [1.82, 2.24) is 4.98 Å². The van der Waals surface area contributed by atoms with E-state index in [9.17, 15) is 4.79 Å². The van der Waals surface area contributed by atoms with Crippen molar-refractivity contribution >= 4 is 5.97 Å². The minimum absolute atomic E-state index is 0.0133. The van der Waals surface area contributed by atoms with Gasteiger partial charge < -0.3 is 9.52 Å². The van der Waals surface area contributed by atoms with Gasteiger partial charge in [0.1, 0.15) is 0 Å². The van der Waals surface area contributed by atoms with Gasteiger partial charge in [-0.05, 0) is 11.8 Å². The molecule has 0 aromatic carbocycles. The Morgan fingerprint density at radius 1 is 1.40 bits per heavy atom. The molecule has 4 heteroatoms. The minimum atomic E-state index is -1.04. The second kappa shape index (κ2) is 4.47. The van der Waals surface area contributed by atoms with E-state index in [0.717, 1.165) is 0 Å². The van der Waals surface area contributed by atoms with Crippen molar-refractivity contribution in [2.75, 3.05) is 0 Å². The molecule has 1 aromatic rings. The molecule has 0 aliphatic heterocycles. The van der Waals surface area contributed by atoms with Crippen LogP contribution in [0.15, 0.2) is 4.42 Å². The number of rotatable bonds is 4. The molecule has 0 atom stereocenters. The molecule has 0 unspecified atom stereocenters. The lowest BCUT2D eigenvalue weighted by molar-refractivity contribution is 0.0657. The molecule has 1 rings (SSSR count). The first-order valence-electron chi connectivity index (χ1n) is 5.14. The van der Waals surface area contributed by atoms with Crippen LogP contribution in [0.2, 0.25) is 0 Å². The number of aromatic nitrogens is 1. The Balaban J connectivity index is 3.04. The predicted octanol–water partition coefficient (Wildman–Crippen LogP) is 2.69. The van der Waals surface area contributed by atoms with E-state index in [1.807, 2.05) is 27.7 Å². The SMILES string of the molecule is CC(C)Cc1nc(C(C)C)c(C(=O)O)o1. The highest BCUT2D eigenvalue weighted by Gasteiger charge is 2.21. The number of carbonyl (C=O) groups is 1. The normalized spacial score (nSPS) is 11.3. The van der Waals surface area contributed by atoms with E-state index >= 15 is 0 Å². The van der Waals surface area contributed by atoms with Crippen LogP contribution in [-0.4, -0.2) is 16.1 Å². The molecule has 15 heavy (non-hydrogen) atoms. The van der Waals surface area contributed by atoms with Crippen molar-refractivity contribution in [3.63, 3.8) is 0 Å². The van der Waals surface area contributed by atoms with Crippen LogP contribution in [0.5, 0.6) is 0 Å². The summed E-state index contributed by atoms with van der Waals surface area (Å²) in [5.74, 6) is -0.0565. The van der Waals surface area contributed by atoms with E-state index < -0.39 is 5.97 Å². The lowest BCUT2D eigenvalue weighted by Gasteiger charge is -1.98. The van der Waals surface area contributed by atoms with Crippen LogP contribution < -0.4 is 0 Å². The highest BCUT2D eigenvalue weighted by Crippen LogP contribution is 2.21. The summed E-state index contributed by atoms with van der Waals surface area (Å²) in [4.78, 5) is 15.1. The molecule has 1 heterocycles. The van der Waals surface area contributed by atoms with Crippen molar-refractivity contribution in [2.45, 2.75) is 40.0 Å². The van der Waals surface area contributed by atoms with Crippen molar-refractivity contribution in [1.29, 1.82) is 0 Å². The van der Waals surface area contributed by atoms with Gasteiger partial charge in [0, 0.05) is 6.42 Å². The van der Waals surface area contributed by atoms with Crippen LogP contribution in [0.4, 0.5) is 0 Å². The Morgan fingerprint density at radius 3 is 2.33 bits per heavy atom. The molecule has 4 nitrogen and oxygen atoms in total. The molecule has 0 aliphatic carbocycles. The molecule has 84 valence electrons. The summed E-state index contributed by atoms with van der Waals surface area (Å²) in [6.07, 6.45) is 0.674. The number of hydrogen-bond donors (Lipinski definition) is 1. The third kappa shape index (κ3) is 2.81. The molecule has 0 aliphatic rings. The fraction of sp³-hybridized carbons (Fsp3) is 0.636. The molecule has 0 radical (unpaired) electrons. The maximum Gasteiger partial charge on any atom is 0.373 e. The van der Waals surface area contributed by atoms with Crippen LogP contribution in [-0.2, 0) is 6.42 Å². The highest BCUT2D eigenvalue weighted by molar-refractivity contribution is 5.85. The summed E-state index contributed by atoms with van der Waals surface area (Å²) in [6, 6.07) is 0. The first kappa shape index (κ1) is 11.8. The Labute approximate surface area is 89.3 Å². The van der Waals surface area contributed by atoms with E-state index in [0.29, 0.717) is 23.9 Å². The zero-order valence-electron chi connectivity index (χ0n) is 9.57. The predicted molar refractivity (Wildman–Crippen MR) is 56.1 cm³/mol. The van der Waals surface area contributed by atoms with Crippen LogP contribution in [0.1, 0.15) is 55.8 Å². The van der Waals surface area contributed by atoms with Gasteiger partial charge in [-0.2, -0.15) is 0 Å². The zero-order chi connectivity index (χ0) is 11.6. The highest BCUT2D eigenvalue weighted by atomic mass is 16.4. The van der Waals surface area contributed by atoms with Gasteiger partial charge in [-0.3, -0.25) is 0 Å². The van der Waals surface area contributed by atoms with E-state index in [4.69, 9.17) is 9.52 Å². The molecule has 1 N–H and O–H groups in total. The second-order valence-corrected chi connectivity index (χ2v) is 4.38. The van der Waals surface area contributed by atoms with Crippen molar-refractivity contribution in [2.24, 2.45) is 5.92 Å². The van der Waals surface area contributed by atoms with Crippen LogP contribution in [0.3, 0.4) is 0 Å². The average molecular weight is 211 g/mol. The summed E-state index contributed by atoms with van der Waals surface area (Å²) in [5.41, 5.74) is 0.540. The largest absolute Gasteiger partial charge is 0.475 e. The lowest BCUT2D eigenvalue weighted by Crippen LogP contribution is -2.01. The number of nitrogens with zero attached hydrogens (tertiary/aromatic N) is 1. The lowest BCUT2D eigenvalue weighted by atomic mass is 10.1. The summed E-state index contributed by atoms with van der Waals surface area (Å²) in [5, 5.41) is 8.93. The number of hydrogen-bond acceptors (Lipinski definition) is 3. The fourth-order valence-corrected chi connectivity index (χ4v) is 1.36. The summed E-state index contributed by atoms with van der Waals surface area (Å²) >= 11 is 0. The van der Waals surface area contributed by atoms with E-state index in [2.05, 4.69) is 4.98 Å². The molecule has 0 amide bonds. The Hall–Kier alpha value is -1.32. The van der Waals surface area contributed by atoms with Gasteiger partial charge in [-0.1, -0.05) is 27.7 Å². The second-order valence-electron chi connectivity index (χ2n) is 4.38. The Kier molecular flexibility index (Phi) is 3.50. The van der Waals surface area contributed by atoms with Crippen molar-refractivity contribution in [3.05, 3.63) is 17.3 Å². The third-order valence-electron chi connectivity index (χ3n) is 2.02. The van der Waals surface area contributed by atoms with Crippen LogP contribution in [0.25, 0.3) is 0 Å². The monoisotopic (exact) mass is 211 g/mol. The maximum absolute atomic E-state index is 10.9. The van der Waals surface area contributed by atoms with Gasteiger partial charge in [0.2, 0.25) is 5.76 Å². The third-order valence-corrected chi connectivity index (χ3v) is 2.02. The summed E-state index contributed by atoms with van der Waals surface area (Å²) in [7, 11) is 0. The van der Waals surface area contributed by atoms with E-state index in [1.54, 1.807) is 0 Å². The summed E-state index contributed by atoms with van der Waals surface area (Å²) in [6.45, 7) is 7.90. The van der Waals surface area contributed by atoms with Gasteiger partial charge in [0.15, 0.2) is 5.89 Å². The number of aromatic carboxylic acids is 1. The van der Waals surface area contributed by atoms with Crippen molar-refractivity contribution in [3.8, 4) is 0 Å². The standard InChI is InChI=1S/C11H17NO3/c1-6(2)5-8-12-9(7(3)4)10(15-8)11(13)14/h6-7H,5H2,1-4H3,(H,13,14). The first-order chi connectivity index (χ1) is 6.91. The smallest absolute Gasteiger partial charge is 0.373 e. The van der Waals surface area contributed by atoms with Crippen molar-refractivity contribution < 1.29 is 14.3 Å². The quantitative estimate of drug-likeness (QED) is 0.831. The summed E-state index contributed by atoms with van der Waals surface area (Å²) < 4.78 is 5.24. The molecule has 1 aromatic heterocycles. The van der Waals surface area contributed by atoms with E-state index in [1.165, 1.54) is 0 Å². The van der Waals surface area contributed by atoms with Gasteiger partial charge >= 0.3 is 5.97 Å².